The molecule has 0 aromatic heterocycles. The van der Waals surface area contributed by atoms with Crippen LogP contribution < -0.4 is 4.74 Å². The second-order valence-electron chi connectivity index (χ2n) is 6.79. The van der Waals surface area contributed by atoms with Gasteiger partial charge in [0.05, 0.1) is 6.61 Å². The lowest BCUT2D eigenvalue weighted by molar-refractivity contribution is -0.169. The number of ether oxygens (including phenoxy) is 2. The topological polar surface area (TPSA) is 38.8 Å². The van der Waals surface area contributed by atoms with Gasteiger partial charge in [-0.05, 0) is 38.2 Å². The zero-order valence-corrected chi connectivity index (χ0v) is 17.4. The van der Waals surface area contributed by atoms with Crippen molar-refractivity contribution in [2.45, 2.75) is 25.9 Å². The Kier molecular flexibility index (Phi) is 9.33. The van der Waals surface area contributed by atoms with Crippen LogP contribution in [0.5, 0.6) is 5.75 Å². The van der Waals surface area contributed by atoms with E-state index < -0.39 is 5.60 Å². The average Bonchev–Trinajstić information content (AvgIpc) is 2.64. The van der Waals surface area contributed by atoms with Gasteiger partial charge < -0.3 is 14.4 Å². The van der Waals surface area contributed by atoms with Gasteiger partial charge in [0, 0.05) is 19.4 Å². The van der Waals surface area contributed by atoms with Crippen molar-refractivity contribution in [2.75, 3.05) is 27.2 Å². The largest absolute Gasteiger partial charge is 0.493 e. The summed E-state index contributed by atoms with van der Waals surface area (Å²) in [4.78, 5) is 14.1. The second kappa shape index (κ2) is 11.0. The Morgan fingerprint density at radius 1 is 1.04 bits per heavy atom. The van der Waals surface area contributed by atoms with Crippen molar-refractivity contribution in [3.8, 4) is 5.75 Å². The van der Waals surface area contributed by atoms with E-state index in [1.165, 1.54) is 6.92 Å². The van der Waals surface area contributed by atoms with Crippen LogP contribution >= 0.6 is 12.4 Å². The van der Waals surface area contributed by atoms with Crippen molar-refractivity contribution < 1.29 is 14.3 Å². The van der Waals surface area contributed by atoms with Gasteiger partial charge in [-0.3, -0.25) is 4.79 Å². The van der Waals surface area contributed by atoms with Crippen LogP contribution in [0.2, 0.25) is 0 Å². The molecule has 0 amide bonds. The molecule has 0 spiro atoms. The van der Waals surface area contributed by atoms with Crippen LogP contribution in [0.25, 0.3) is 0 Å². The van der Waals surface area contributed by atoms with Gasteiger partial charge >= 0.3 is 5.97 Å². The molecule has 0 N–H and O–H groups in total. The molecule has 0 saturated carbocycles. The number of hydrogen-bond donors (Lipinski definition) is 0. The summed E-state index contributed by atoms with van der Waals surface area (Å²) in [6.45, 7) is 4.72. The molecule has 5 heteroatoms. The van der Waals surface area contributed by atoms with Gasteiger partial charge in [0.25, 0.3) is 0 Å². The van der Waals surface area contributed by atoms with Crippen LogP contribution in [0.3, 0.4) is 0 Å². The monoisotopic (exact) mass is 391 g/mol. The third-order valence-corrected chi connectivity index (χ3v) is 4.55. The Labute approximate surface area is 168 Å². The van der Waals surface area contributed by atoms with E-state index in [4.69, 9.17) is 9.47 Å². The third kappa shape index (κ3) is 6.26. The van der Waals surface area contributed by atoms with E-state index in [1.54, 1.807) is 0 Å². The van der Waals surface area contributed by atoms with Crippen LogP contribution in [-0.4, -0.2) is 38.1 Å². The smallest absolute Gasteiger partial charge is 0.303 e. The van der Waals surface area contributed by atoms with Gasteiger partial charge in [0.2, 0.25) is 0 Å². The summed E-state index contributed by atoms with van der Waals surface area (Å²) in [5, 5.41) is 0. The molecule has 2 aromatic rings. The van der Waals surface area contributed by atoms with Gasteiger partial charge in [-0.1, -0.05) is 55.5 Å². The Morgan fingerprint density at radius 3 is 2.07 bits per heavy atom. The zero-order chi connectivity index (χ0) is 19.0. The van der Waals surface area contributed by atoms with E-state index in [0.29, 0.717) is 13.0 Å². The summed E-state index contributed by atoms with van der Waals surface area (Å²) in [7, 11) is 4.05. The van der Waals surface area contributed by atoms with Crippen LogP contribution in [0.15, 0.2) is 60.7 Å². The number of carbonyl (C=O) groups is 1. The first-order valence-corrected chi connectivity index (χ1v) is 9.05. The molecule has 0 radical (unpaired) electrons. The first-order chi connectivity index (χ1) is 12.5. The molecule has 0 aliphatic carbocycles. The maximum Gasteiger partial charge on any atom is 0.303 e. The fourth-order valence-electron chi connectivity index (χ4n) is 3.41. The number of benzene rings is 2. The van der Waals surface area contributed by atoms with Crippen molar-refractivity contribution in [2.24, 2.45) is 5.92 Å². The molecule has 2 rings (SSSR count). The normalized spacial score (nSPS) is 14.0. The highest BCUT2D eigenvalue weighted by Crippen LogP contribution is 2.38. The first kappa shape index (κ1) is 23.0. The molecule has 0 bridgehead atoms. The molecule has 0 heterocycles. The highest BCUT2D eigenvalue weighted by atomic mass is 35.5. The number of carbonyl (C=O) groups excluding carboxylic acids is 1. The summed E-state index contributed by atoms with van der Waals surface area (Å²) in [6.07, 6.45) is 0.674. The van der Waals surface area contributed by atoms with Crippen molar-refractivity contribution in [1.29, 1.82) is 0 Å². The summed E-state index contributed by atoms with van der Waals surface area (Å²) in [6, 6.07) is 19.7. The lowest BCUT2D eigenvalue weighted by Crippen LogP contribution is -2.46. The first-order valence-electron chi connectivity index (χ1n) is 9.05. The molecule has 0 aliphatic rings. The second-order valence-corrected chi connectivity index (χ2v) is 6.79. The lowest BCUT2D eigenvalue weighted by atomic mass is 9.78. The molecule has 2 aromatic carbocycles. The van der Waals surface area contributed by atoms with E-state index in [0.717, 1.165) is 17.9 Å². The number of esters is 1. The van der Waals surface area contributed by atoms with Gasteiger partial charge in [-0.25, -0.2) is 0 Å². The summed E-state index contributed by atoms with van der Waals surface area (Å²) >= 11 is 0. The van der Waals surface area contributed by atoms with E-state index in [9.17, 15) is 4.79 Å². The van der Waals surface area contributed by atoms with Crippen molar-refractivity contribution >= 4 is 18.4 Å². The zero-order valence-electron chi connectivity index (χ0n) is 16.6. The maximum atomic E-state index is 12.0. The Bertz CT molecular complexity index is 678. The van der Waals surface area contributed by atoms with Crippen LogP contribution in [0, 0.1) is 5.92 Å². The summed E-state index contributed by atoms with van der Waals surface area (Å²) in [5.41, 5.74) is 0.271. The molecule has 2 unspecified atom stereocenters. The molecule has 4 nitrogen and oxygen atoms in total. The quantitative estimate of drug-likeness (QED) is 0.588. The molecular formula is C22H30ClNO3. The van der Waals surface area contributed by atoms with Crippen molar-refractivity contribution in [1.82, 2.24) is 4.90 Å². The fourth-order valence-corrected chi connectivity index (χ4v) is 3.41. The Balaban J connectivity index is 0.00000364. The van der Waals surface area contributed by atoms with Gasteiger partial charge in [-0.2, -0.15) is 0 Å². The minimum Gasteiger partial charge on any atom is -0.493 e. The Hall–Kier alpha value is -2.04. The van der Waals surface area contributed by atoms with Crippen molar-refractivity contribution in [3.63, 3.8) is 0 Å². The fraction of sp³-hybridized carbons (Fsp3) is 0.409. The van der Waals surface area contributed by atoms with E-state index >= 15 is 0 Å². The predicted octanol–water partition coefficient (Wildman–Crippen LogP) is 4.53. The molecule has 0 aliphatic heterocycles. The minimum atomic E-state index is -0.730. The van der Waals surface area contributed by atoms with E-state index in [2.05, 4.69) is 11.8 Å². The highest BCUT2D eigenvalue weighted by Gasteiger charge is 2.43. The number of hydrogen-bond acceptors (Lipinski definition) is 4. The lowest BCUT2D eigenvalue weighted by Gasteiger charge is -2.41. The van der Waals surface area contributed by atoms with Gasteiger partial charge in [-0.15, -0.1) is 12.4 Å². The predicted molar refractivity (Wildman–Crippen MR) is 111 cm³/mol. The van der Waals surface area contributed by atoms with Gasteiger partial charge in [0.15, 0.2) is 0 Å². The third-order valence-electron chi connectivity index (χ3n) is 4.55. The van der Waals surface area contributed by atoms with Crippen molar-refractivity contribution in [3.05, 3.63) is 66.2 Å². The van der Waals surface area contributed by atoms with Crippen LogP contribution in [-0.2, 0) is 15.1 Å². The standard InChI is InChI=1S/C22H29NO3.ClH/c1-5-22(26-18(2)24,19-12-8-6-9-13-19)20(16-23(3)4)17-25-21-14-10-7-11-15-21;/h6-15,20H,5,16-17H2,1-4H3;1H. The minimum absolute atomic E-state index is 0. The molecule has 0 fully saturated rings. The van der Waals surface area contributed by atoms with Crippen LogP contribution in [0.1, 0.15) is 25.8 Å². The summed E-state index contributed by atoms with van der Waals surface area (Å²) in [5.74, 6) is 0.519. The highest BCUT2D eigenvalue weighted by molar-refractivity contribution is 5.85. The summed E-state index contributed by atoms with van der Waals surface area (Å²) < 4.78 is 12.0. The molecule has 27 heavy (non-hydrogen) atoms. The molecule has 148 valence electrons. The van der Waals surface area contributed by atoms with Gasteiger partial charge in [0.1, 0.15) is 11.4 Å². The van der Waals surface area contributed by atoms with E-state index in [-0.39, 0.29) is 24.3 Å². The molecule has 2 atom stereocenters. The number of nitrogens with zero attached hydrogens (tertiary/aromatic N) is 1. The Morgan fingerprint density at radius 2 is 1.59 bits per heavy atom. The SMILES string of the molecule is CCC(OC(C)=O)(c1ccccc1)C(COc1ccccc1)CN(C)C.Cl. The molecule has 0 saturated heterocycles. The van der Waals surface area contributed by atoms with Crippen LogP contribution in [0.4, 0.5) is 0 Å². The number of para-hydroxylation sites is 1. The molecular weight excluding hydrogens is 362 g/mol. The average molecular weight is 392 g/mol. The number of rotatable bonds is 9. The maximum absolute atomic E-state index is 12.0. The van der Waals surface area contributed by atoms with E-state index in [1.807, 2.05) is 74.8 Å². The number of halogens is 1.